The number of hydrogen-bond donors (Lipinski definition) is 2. The lowest BCUT2D eigenvalue weighted by molar-refractivity contribution is 0.234. The van der Waals surface area contributed by atoms with Crippen molar-refractivity contribution in [2.24, 2.45) is 0 Å². The highest BCUT2D eigenvalue weighted by Gasteiger charge is 2.19. The second-order valence-electron chi connectivity index (χ2n) is 6.45. The number of hydrogen-bond acceptors (Lipinski definition) is 2. The average Bonchev–Trinajstić information content (AvgIpc) is 2.19. The van der Waals surface area contributed by atoms with Crippen molar-refractivity contribution < 1.29 is 5.11 Å². The summed E-state index contributed by atoms with van der Waals surface area (Å²) in [6, 6.07) is 6.50. The van der Waals surface area contributed by atoms with Crippen LogP contribution in [-0.2, 0) is 5.41 Å². The highest BCUT2D eigenvalue weighted by Crippen LogP contribution is 2.28. The van der Waals surface area contributed by atoms with Crippen LogP contribution >= 0.6 is 0 Å². The van der Waals surface area contributed by atoms with E-state index in [9.17, 15) is 5.11 Å². The molecule has 2 heteroatoms. The van der Waals surface area contributed by atoms with Gasteiger partial charge in [0.15, 0.2) is 0 Å². The maximum absolute atomic E-state index is 9.31. The zero-order chi connectivity index (χ0) is 13.3. The summed E-state index contributed by atoms with van der Waals surface area (Å²) >= 11 is 0. The number of benzene rings is 1. The summed E-state index contributed by atoms with van der Waals surface area (Å²) in [6.45, 7) is 12.8. The lowest BCUT2D eigenvalue weighted by atomic mass is 9.86. The topological polar surface area (TPSA) is 32.3 Å². The molecular formula is C15H25NO. The van der Waals surface area contributed by atoms with E-state index in [2.05, 4.69) is 51.2 Å². The van der Waals surface area contributed by atoms with Crippen molar-refractivity contribution in [2.75, 3.05) is 11.9 Å². The van der Waals surface area contributed by atoms with Crippen molar-refractivity contribution in [1.29, 1.82) is 0 Å². The van der Waals surface area contributed by atoms with E-state index in [0.29, 0.717) is 0 Å². The minimum Gasteiger partial charge on any atom is -0.394 e. The van der Waals surface area contributed by atoms with Crippen molar-refractivity contribution in [1.82, 2.24) is 0 Å². The Hall–Kier alpha value is -1.02. The maximum Gasteiger partial charge on any atom is 0.0656 e. The average molecular weight is 235 g/mol. The summed E-state index contributed by atoms with van der Waals surface area (Å²) in [7, 11) is 0. The fourth-order valence-corrected chi connectivity index (χ4v) is 1.63. The van der Waals surface area contributed by atoms with Gasteiger partial charge in [0.05, 0.1) is 12.1 Å². The zero-order valence-corrected chi connectivity index (χ0v) is 11.9. The third-order valence-corrected chi connectivity index (χ3v) is 2.97. The molecule has 0 unspecified atom stereocenters. The third kappa shape index (κ3) is 3.74. The molecular weight excluding hydrogens is 210 g/mol. The van der Waals surface area contributed by atoms with E-state index in [-0.39, 0.29) is 17.6 Å². The molecule has 17 heavy (non-hydrogen) atoms. The summed E-state index contributed by atoms with van der Waals surface area (Å²) in [5, 5.41) is 12.7. The fraction of sp³-hybridized carbons (Fsp3) is 0.600. The molecule has 0 radical (unpaired) electrons. The largest absolute Gasteiger partial charge is 0.394 e. The number of aryl methyl sites for hydroxylation is 1. The van der Waals surface area contributed by atoms with E-state index in [1.54, 1.807) is 0 Å². The Morgan fingerprint density at radius 2 is 1.71 bits per heavy atom. The molecule has 1 aromatic carbocycles. The Labute approximate surface area is 105 Å². The normalized spacial score (nSPS) is 12.6. The molecule has 0 spiro atoms. The van der Waals surface area contributed by atoms with Crippen LogP contribution in [0.3, 0.4) is 0 Å². The predicted molar refractivity (Wildman–Crippen MR) is 74.7 cm³/mol. The van der Waals surface area contributed by atoms with Crippen LogP contribution in [-0.4, -0.2) is 17.3 Å². The zero-order valence-electron chi connectivity index (χ0n) is 11.9. The Balaban J connectivity index is 3.08. The molecule has 0 aliphatic heterocycles. The van der Waals surface area contributed by atoms with Crippen LogP contribution in [0, 0.1) is 6.92 Å². The molecule has 0 aliphatic carbocycles. The molecule has 2 nitrogen and oxygen atoms in total. The van der Waals surface area contributed by atoms with E-state index in [1.165, 1.54) is 11.1 Å². The second-order valence-corrected chi connectivity index (χ2v) is 6.45. The van der Waals surface area contributed by atoms with Crippen LogP contribution < -0.4 is 5.32 Å². The highest BCUT2D eigenvalue weighted by atomic mass is 16.3. The van der Waals surface area contributed by atoms with Crippen molar-refractivity contribution in [3.63, 3.8) is 0 Å². The number of anilines is 1. The summed E-state index contributed by atoms with van der Waals surface area (Å²) in [5.41, 5.74) is 3.48. The molecule has 0 saturated heterocycles. The summed E-state index contributed by atoms with van der Waals surface area (Å²) in [6.07, 6.45) is 0. The fourth-order valence-electron chi connectivity index (χ4n) is 1.63. The van der Waals surface area contributed by atoms with Crippen LogP contribution in [0.15, 0.2) is 18.2 Å². The molecule has 0 heterocycles. The Morgan fingerprint density at radius 1 is 1.12 bits per heavy atom. The first kappa shape index (κ1) is 14.0. The minimum absolute atomic E-state index is 0.117. The quantitative estimate of drug-likeness (QED) is 0.840. The van der Waals surface area contributed by atoms with Gasteiger partial charge in [-0.05, 0) is 43.4 Å². The smallest absolute Gasteiger partial charge is 0.0656 e. The predicted octanol–water partition coefficient (Wildman–Crippen LogP) is 3.48. The van der Waals surface area contributed by atoms with Gasteiger partial charge < -0.3 is 10.4 Å². The lowest BCUT2D eigenvalue weighted by Crippen LogP contribution is -2.35. The van der Waals surface area contributed by atoms with E-state index in [1.807, 2.05) is 13.8 Å². The third-order valence-electron chi connectivity index (χ3n) is 2.97. The van der Waals surface area contributed by atoms with Gasteiger partial charge in [0, 0.05) is 5.69 Å². The lowest BCUT2D eigenvalue weighted by Gasteiger charge is -2.28. The Morgan fingerprint density at radius 3 is 2.18 bits per heavy atom. The molecule has 1 rings (SSSR count). The first-order valence-corrected chi connectivity index (χ1v) is 6.16. The van der Waals surface area contributed by atoms with E-state index in [4.69, 9.17) is 0 Å². The van der Waals surface area contributed by atoms with Gasteiger partial charge in [-0.2, -0.15) is 0 Å². The standard InChI is InChI=1S/C15H25NO/c1-11-7-8-12(14(2,3)4)9-13(11)16-15(5,6)10-17/h7-9,16-17H,10H2,1-6H3. The number of aliphatic hydroxyl groups is 1. The first-order valence-electron chi connectivity index (χ1n) is 6.16. The Bertz CT molecular complexity index is 388. The second kappa shape index (κ2) is 4.69. The highest BCUT2D eigenvalue weighted by molar-refractivity contribution is 5.55. The van der Waals surface area contributed by atoms with Crippen molar-refractivity contribution >= 4 is 5.69 Å². The van der Waals surface area contributed by atoms with Gasteiger partial charge in [-0.3, -0.25) is 0 Å². The molecule has 0 aliphatic rings. The minimum atomic E-state index is -0.290. The van der Waals surface area contributed by atoms with Crippen LogP contribution in [0.5, 0.6) is 0 Å². The molecule has 0 amide bonds. The summed E-state index contributed by atoms with van der Waals surface area (Å²) < 4.78 is 0. The van der Waals surface area contributed by atoms with Gasteiger partial charge in [0.2, 0.25) is 0 Å². The molecule has 2 N–H and O–H groups in total. The molecule has 0 saturated carbocycles. The van der Waals surface area contributed by atoms with E-state index in [0.717, 1.165) is 5.69 Å². The maximum atomic E-state index is 9.31. The van der Waals surface area contributed by atoms with Gasteiger partial charge in [-0.25, -0.2) is 0 Å². The van der Waals surface area contributed by atoms with E-state index >= 15 is 0 Å². The van der Waals surface area contributed by atoms with Crippen LogP contribution in [0.1, 0.15) is 45.7 Å². The Kier molecular flexibility index (Phi) is 3.88. The number of rotatable bonds is 3. The summed E-state index contributed by atoms with van der Waals surface area (Å²) in [5.74, 6) is 0. The molecule has 0 bridgehead atoms. The van der Waals surface area contributed by atoms with Crippen molar-refractivity contribution in [2.45, 2.75) is 52.5 Å². The van der Waals surface area contributed by atoms with Gasteiger partial charge in [0.1, 0.15) is 0 Å². The SMILES string of the molecule is Cc1ccc(C(C)(C)C)cc1NC(C)(C)CO. The number of nitrogens with one attached hydrogen (secondary N) is 1. The number of aliphatic hydroxyl groups excluding tert-OH is 1. The van der Waals surface area contributed by atoms with Gasteiger partial charge >= 0.3 is 0 Å². The molecule has 0 aromatic heterocycles. The first-order chi connectivity index (χ1) is 7.65. The van der Waals surface area contributed by atoms with Crippen molar-refractivity contribution in [3.8, 4) is 0 Å². The van der Waals surface area contributed by atoms with Gasteiger partial charge in [0.25, 0.3) is 0 Å². The molecule has 0 atom stereocenters. The van der Waals surface area contributed by atoms with Crippen LogP contribution in [0.4, 0.5) is 5.69 Å². The van der Waals surface area contributed by atoms with Crippen molar-refractivity contribution in [3.05, 3.63) is 29.3 Å². The van der Waals surface area contributed by atoms with Crippen LogP contribution in [0.2, 0.25) is 0 Å². The summed E-state index contributed by atoms with van der Waals surface area (Å²) in [4.78, 5) is 0. The molecule has 96 valence electrons. The monoisotopic (exact) mass is 235 g/mol. The van der Waals surface area contributed by atoms with E-state index < -0.39 is 0 Å². The van der Waals surface area contributed by atoms with Gasteiger partial charge in [-0.15, -0.1) is 0 Å². The van der Waals surface area contributed by atoms with Gasteiger partial charge in [-0.1, -0.05) is 32.9 Å². The molecule has 1 aromatic rings. The van der Waals surface area contributed by atoms with Crippen LogP contribution in [0.25, 0.3) is 0 Å². The molecule has 0 fully saturated rings.